The van der Waals surface area contributed by atoms with Gasteiger partial charge in [-0.25, -0.2) is 0 Å². The van der Waals surface area contributed by atoms with Crippen molar-refractivity contribution in [1.82, 2.24) is 0 Å². The van der Waals surface area contributed by atoms with Crippen LogP contribution in [0.2, 0.25) is 0 Å². The van der Waals surface area contributed by atoms with Gasteiger partial charge in [-0.15, -0.1) is 0 Å². The summed E-state index contributed by atoms with van der Waals surface area (Å²) in [5, 5.41) is 10.0. The van der Waals surface area contributed by atoms with Crippen molar-refractivity contribution in [3.8, 4) is 11.5 Å². The second kappa shape index (κ2) is 12.3. The van der Waals surface area contributed by atoms with Gasteiger partial charge in [-0.05, 0) is 0 Å². The van der Waals surface area contributed by atoms with Crippen LogP contribution in [0.1, 0.15) is 70.4 Å². The molecule has 2 rings (SSSR count). The number of phenols is 1. The SMILES string of the molecule is CCCCCCCC[PH](O)(O)Oc1c(Br)cc(C(C)(C)c2cc(Br)c(O)c(Br)c2)cc1Br. The summed E-state index contributed by atoms with van der Waals surface area (Å²) >= 11 is 13.9. The van der Waals surface area contributed by atoms with E-state index in [0.717, 1.165) is 30.4 Å². The number of hydrogen-bond donors (Lipinski definition) is 3. The van der Waals surface area contributed by atoms with Crippen LogP contribution in [-0.4, -0.2) is 21.1 Å². The molecule has 0 aliphatic carbocycles. The van der Waals surface area contributed by atoms with Crippen molar-refractivity contribution in [2.24, 2.45) is 0 Å². The van der Waals surface area contributed by atoms with Crippen LogP contribution in [0.5, 0.6) is 11.5 Å². The Hall–Kier alpha value is 0.310. The maximum atomic E-state index is 10.5. The Kier molecular flexibility index (Phi) is 11.0. The third-order valence-electron chi connectivity index (χ3n) is 5.58. The molecule has 0 amide bonds. The van der Waals surface area contributed by atoms with Gasteiger partial charge in [0.15, 0.2) is 0 Å². The van der Waals surface area contributed by atoms with Gasteiger partial charge in [0.2, 0.25) is 0 Å². The van der Waals surface area contributed by atoms with Crippen LogP contribution in [0, 0.1) is 0 Å². The van der Waals surface area contributed by atoms with Gasteiger partial charge in [-0.3, -0.25) is 0 Å². The quantitative estimate of drug-likeness (QED) is 0.160. The maximum absolute atomic E-state index is 10.5. The summed E-state index contributed by atoms with van der Waals surface area (Å²) in [6.07, 6.45) is 6.71. The molecule has 32 heavy (non-hydrogen) atoms. The van der Waals surface area contributed by atoms with E-state index in [2.05, 4.69) is 84.5 Å². The molecule has 0 bridgehead atoms. The van der Waals surface area contributed by atoms with Crippen molar-refractivity contribution < 1.29 is 19.4 Å². The third-order valence-corrected chi connectivity index (χ3v) is 9.50. The Bertz CT molecular complexity index is 888. The summed E-state index contributed by atoms with van der Waals surface area (Å²) in [6, 6.07) is 7.66. The Balaban J connectivity index is 2.19. The molecule has 0 aliphatic heterocycles. The van der Waals surface area contributed by atoms with Crippen molar-refractivity contribution in [1.29, 1.82) is 0 Å². The Morgan fingerprint density at radius 2 is 1.22 bits per heavy atom. The van der Waals surface area contributed by atoms with Crippen LogP contribution in [0.4, 0.5) is 0 Å². The van der Waals surface area contributed by atoms with Crippen LogP contribution in [0.3, 0.4) is 0 Å². The van der Waals surface area contributed by atoms with E-state index in [4.69, 9.17) is 4.52 Å². The topological polar surface area (TPSA) is 69.9 Å². The molecule has 2 aromatic carbocycles. The van der Waals surface area contributed by atoms with Crippen molar-refractivity contribution in [3.05, 3.63) is 53.3 Å². The van der Waals surface area contributed by atoms with E-state index in [1.54, 1.807) is 0 Å². The van der Waals surface area contributed by atoms with Gasteiger partial charge in [0, 0.05) is 0 Å². The molecule has 0 heterocycles. The van der Waals surface area contributed by atoms with E-state index in [1.165, 1.54) is 19.3 Å². The molecular formula is C23H31Br4O4P. The molecule has 0 saturated heterocycles. The van der Waals surface area contributed by atoms with E-state index in [9.17, 15) is 14.9 Å². The third kappa shape index (κ3) is 7.66. The molecule has 9 heteroatoms. The fourth-order valence-electron chi connectivity index (χ4n) is 3.46. The van der Waals surface area contributed by atoms with Gasteiger partial charge in [-0.1, -0.05) is 0 Å². The van der Waals surface area contributed by atoms with E-state index in [1.807, 2.05) is 24.3 Å². The summed E-state index contributed by atoms with van der Waals surface area (Å²) in [7, 11) is -3.82. The molecule has 0 spiro atoms. The monoisotopic (exact) mass is 718 g/mol. The Morgan fingerprint density at radius 1 is 0.781 bits per heavy atom. The summed E-state index contributed by atoms with van der Waals surface area (Å²) in [5.74, 6) is 0.563. The van der Waals surface area contributed by atoms with Crippen molar-refractivity contribution in [2.75, 3.05) is 6.16 Å². The van der Waals surface area contributed by atoms with E-state index < -0.39 is 13.4 Å². The Morgan fingerprint density at radius 3 is 1.72 bits per heavy atom. The van der Waals surface area contributed by atoms with Gasteiger partial charge in [0.1, 0.15) is 0 Å². The molecule has 0 aromatic heterocycles. The van der Waals surface area contributed by atoms with E-state index in [0.29, 0.717) is 23.6 Å². The Labute approximate surface area is 225 Å². The van der Waals surface area contributed by atoms with Gasteiger partial charge < -0.3 is 0 Å². The first-order chi connectivity index (χ1) is 14.9. The van der Waals surface area contributed by atoms with Crippen LogP contribution in [0.25, 0.3) is 0 Å². The zero-order valence-corrected chi connectivity index (χ0v) is 25.9. The van der Waals surface area contributed by atoms with Crippen LogP contribution >= 0.6 is 71.7 Å². The summed E-state index contributed by atoms with van der Waals surface area (Å²) < 4.78 is 8.24. The molecule has 180 valence electrons. The number of rotatable bonds is 11. The standard InChI is InChI=1S/C23H31Br4O4P/c1-4-5-6-7-8-9-10-32(29,30)31-22-19(26)13-16(14-20(22)27)23(2,3)15-11-17(24)21(28)18(25)12-15/h11-14,28-30,32H,4-10H2,1-3H3. The molecule has 4 nitrogen and oxygen atoms in total. The van der Waals surface area contributed by atoms with Crippen LogP contribution in [-0.2, 0) is 5.41 Å². The first kappa shape index (κ1) is 28.5. The predicted octanol–water partition coefficient (Wildman–Crippen LogP) is 8.99. The fourth-order valence-corrected chi connectivity index (χ4v) is 7.65. The molecule has 0 atom stereocenters. The zero-order valence-electron chi connectivity index (χ0n) is 18.5. The first-order valence-electron chi connectivity index (χ1n) is 10.7. The minimum absolute atomic E-state index is 0.160. The van der Waals surface area contributed by atoms with Crippen LogP contribution < -0.4 is 4.52 Å². The molecular weight excluding hydrogens is 691 g/mol. The summed E-state index contributed by atoms with van der Waals surface area (Å²) in [5.41, 5.74) is 1.60. The molecule has 2 aromatic rings. The molecule has 0 fully saturated rings. The summed E-state index contributed by atoms with van der Waals surface area (Å²) in [4.78, 5) is 21.0. The number of hydrogen-bond acceptors (Lipinski definition) is 4. The van der Waals surface area contributed by atoms with E-state index in [-0.39, 0.29) is 11.9 Å². The van der Waals surface area contributed by atoms with Crippen molar-refractivity contribution in [3.63, 3.8) is 0 Å². The predicted molar refractivity (Wildman–Crippen MR) is 149 cm³/mol. The number of phenolic OH excluding ortho intramolecular Hbond substituents is 1. The van der Waals surface area contributed by atoms with Crippen LogP contribution in [0.15, 0.2) is 42.2 Å². The molecule has 0 unspecified atom stereocenters. The first-order valence-corrected chi connectivity index (χ1v) is 15.9. The second-order valence-corrected chi connectivity index (χ2v) is 14.2. The number of unbranched alkanes of at least 4 members (excludes halogenated alkanes) is 5. The average molecular weight is 722 g/mol. The number of aromatic hydroxyl groups is 1. The van der Waals surface area contributed by atoms with E-state index >= 15 is 0 Å². The average Bonchev–Trinajstić information content (AvgIpc) is 2.70. The van der Waals surface area contributed by atoms with Crippen molar-refractivity contribution >= 4 is 71.7 Å². The number of benzene rings is 2. The summed E-state index contributed by atoms with van der Waals surface area (Å²) in [6.45, 7) is 6.35. The van der Waals surface area contributed by atoms with Gasteiger partial charge in [0.05, 0.1) is 0 Å². The van der Waals surface area contributed by atoms with Gasteiger partial charge in [-0.2, -0.15) is 0 Å². The van der Waals surface area contributed by atoms with Gasteiger partial charge >= 0.3 is 227 Å². The second-order valence-electron chi connectivity index (χ2n) is 8.55. The number of halogens is 4. The minimum atomic E-state index is -3.82. The van der Waals surface area contributed by atoms with Gasteiger partial charge in [0.25, 0.3) is 0 Å². The molecule has 3 N–H and O–H groups in total. The molecule has 0 saturated carbocycles. The fraction of sp³-hybridized carbons (Fsp3) is 0.478. The van der Waals surface area contributed by atoms with Crippen molar-refractivity contribution in [2.45, 2.75) is 64.7 Å². The normalized spacial score (nSPS) is 12.8. The molecule has 0 aliphatic rings. The zero-order chi connectivity index (χ0) is 24.1. The molecule has 0 radical (unpaired) electrons.